The third-order valence-electron chi connectivity index (χ3n) is 2.67. The van der Waals surface area contributed by atoms with Gasteiger partial charge in [0.15, 0.2) is 0 Å². The first-order chi connectivity index (χ1) is 9.19. The number of nitrogens with one attached hydrogen (secondary N) is 2. The Morgan fingerprint density at radius 3 is 2.60 bits per heavy atom. The van der Waals surface area contributed by atoms with Gasteiger partial charge in [0.1, 0.15) is 5.60 Å². The molecule has 2 N–H and O–H groups in total. The lowest BCUT2D eigenvalue weighted by atomic mass is 10.2. The first-order valence-corrected chi connectivity index (χ1v) is 7.70. The molecule has 0 aliphatic rings. The first-order valence-electron chi connectivity index (χ1n) is 6.82. The van der Waals surface area contributed by atoms with Gasteiger partial charge in [-0.25, -0.2) is 9.78 Å². The van der Waals surface area contributed by atoms with Crippen molar-refractivity contribution in [2.45, 2.75) is 59.2 Å². The lowest BCUT2D eigenvalue weighted by Crippen LogP contribution is -2.43. The third-order valence-corrected chi connectivity index (χ3v) is 3.78. The average Bonchev–Trinajstić information content (AvgIpc) is 2.69. The summed E-state index contributed by atoms with van der Waals surface area (Å²) >= 11 is 1.65. The maximum absolute atomic E-state index is 11.6. The molecule has 0 bridgehead atoms. The van der Waals surface area contributed by atoms with Crippen molar-refractivity contribution < 1.29 is 9.53 Å². The monoisotopic (exact) mass is 299 g/mol. The Morgan fingerprint density at radius 1 is 1.45 bits per heavy atom. The molecule has 1 aromatic rings. The highest BCUT2D eigenvalue weighted by atomic mass is 32.1. The van der Waals surface area contributed by atoms with E-state index in [4.69, 9.17) is 4.74 Å². The molecule has 0 saturated heterocycles. The van der Waals surface area contributed by atoms with E-state index in [1.54, 1.807) is 11.3 Å². The molecule has 0 aromatic carbocycles. The van der Waals surface area contributed by atoms with Crippen LogP contribution < -0.4 is 10.6 Å². The quantitative estimate of drug-likeness (QED) is 0.877. The van der Waals surface area contributed by atoms with E-state index < -0.39 is 5.60 Å². The van der Waals surface area contributed by atoms with Crippen molar-refractivity contribution in [1.29, 1.82) is 0 Å². The van der Waals surface area contributed by atoms with Crippen LogP contribution in [0.15, 0.2) is 5.51 Å². The van der Waals surface area contributed by atoms with Crippen LogP contribution in [0.1, 0.15) is 51.2 Å². The topological polar surface area (TPSA) is 63.2 Å². The second kappa shape index (κ2) is 7.04. The van der Waals surface area contributed by atoms with E-state index in [-0.39, 0.29) is 18.2 Å². The second-order valence-corrected chi connectivity index (χ2v) is 6.87. The van der Waals surface area contributed by atoms with Gasteiger partial charge in [-0.05, 0) is 41.5 Å². The second-order valence-electron chi connectivity index (χ2n) is 5.98. The van der Waals surface area contributed by atoms with Gasteiger partial charge in [0.2, 0.25) is 0 Å². The number of hydrogen-bond acceptors (Lipinski definition) is 5. The summed E-state index contributed by atoms with van der Waals surface area (Å²) in [6.45, 7) is 12.3. The maximum Gasteiger partial charge on any atom is 0.407 e. The Kier molecular flexibility index (Phi) is 5.95. The molecule has 0 aliphatic heterocycles. The number of thiazole rings is 1. The Morgan fingerprint density at radius 2 is 2.10 bits per heavy atom. The SMILES string of the molecule is Cc1ncsc1C(C)NCC(C)NC(=O)OC(C)(C)C. The van der Waals surface area contributed by atoms with E-state index in [2.05, 4.69) is 22.5 Å². The molecule has 0 fully saturated rings. The molecular formula is C14H25N3O2S. The van der Waals surface area contributed by atoms with Crippen LogP contribution in [0.4, 0.5) is 4.79 Å². The molecule has 2 unspecified atom stereocenters. The van der Waals surface area contributed by atoms with Crippen molar-refractivity contribution in [2.24, 2.45) is 0 Å². The molecule has 0 saturated carbocycles. The Balaban J connectivity index is 2.35. The average molecular weight is 299 g/mol. The fourth-order valence-electron chi connectivity index (χ4n) is 1.73. The van der Waals surface area contributed by atoms with Crippen LogP contribution in [0.2, 0.25) is 0 Å². The van der Waals surface area contributed by atoms with E-state index in [0.29, 0.717) is 6.54 Å². The molecule has 1 amide bonds. The summed E-state index contributed by atoms with van der Waals surface area (Å²) in [6, 6.07) is 0.228. The van der Waals surface area contributed by atoms with Crippen molar-refractivity contribution >= 4 is 17.4 Å². The van der Waals surface area contributed by atoms with E-state index in [1.165, 1.54) is 4.88 Å². The van der Waals surface area contributed by atoms with E-state index in [0.717, 1.165) is 5.69 Å². The van der Waals surface area contributed by atoms with Gasteiger partial charge in [-0.2, -0.15) is 0 Å². The van der Waals surface area contributed by atoms with Gasteiger partial charge in [0.25, 0.3) is 0 Å². The molecule has 0 spiro atoms. The molecule has 1 heterocycles. The number of amides is 1. The lowest BCUT2D eigenvalue weighted by molar-refractivity contribution is 0.0507. The van der Waals surface area contributed by atoms with Crippen molar-refractivity contribution in [3.8, 4) is 0 Å². The van der Waals surface area contributed by atoms with Gasteiger partial charge in [-0.1, -0.05) is 0 Å². The highest BCUT2D eigenvalue weighted by Gasteiger charge is 2.18. The van der Waals surface area contributed by atoms with Crippen LogP contribution >= 0.6 is 11.3 Å². The zero-order valence-electron chi connectivity index (χ0n) is 13.1. The van der Waals surface area contributed by atoms with Gasteiger partial charge >= 0.3 is 6.09 Å². The Hall–Kier alpha value is -1.14. The lowest BCUT2D eigenvalue weighted by Gasteiger charge is -2.23. The third kappa shape index (κ3) is 5.88. The first kappa shape index (κ1) is 16.9. The zero-order valence-corrected chi connectivity index (χ0v) is 13.9. The van der Waals surface area contributed by atoms with E-state index in [9.17, 15) is 4.79 Å². The number of rotatable bonds is 5. The standard InChI is InChI=1S/C14H25N3O2S/c1-9(17-13(18)19-14(4,5)6)7-15-10(2)12-11(3)16-8-20-12/h8-10,15H,7H2,1-6H3,(H,17,18). The highest BCUT2D eigenvalue weighted by molar-refractivity contribution is 7.09. The van der Waals surface area contributed by atoms with Gasteiger partial charge in [-0.3, -0.25) is 0 Å². The molecule has 20 heavy (non-hydrogen) atoms. The van der Waals surface area contributed by atoms with Gasteiger partial charge < -0.3 is 15.4 Å². The summed E-state index contributed by atoms with van der Waals surface area (Å²) in [7, 11) is 0. The number of aromatic nitrogens is 1. The van der Waals surface area contributed by atoms with Crippen LogP contribution in [-0.4, -0.2) is 29.3 Å². The smallest absolute Gasteiger partial charge is 0.407 e. The summed E-state index contributed by atoms with van der Waals surface area (Å²) in [6.07, 6.45) is -0.381. The maximum atomic E-state index is 11.6. The van der Waals surface area contributed by atoms with Gasteiger partial charge in [0.05, 0.1) is 11.2 Å². The number of carbonyl (C=O) groups is 1. The zero-order chi connectivity index (χ0) is 15.3. The largest absolute Gasteiger partial charge is 0.444 e. The molecule has 1 aromatic heterocycles. The van der Waals surface area contributed by atoms with Crippen LogP contribution in [-0.2, 0) is 4.74 Å². The van der Waals surface area contributed by atoms with Crippen molar-refractivity contribution in [3.63, 3.8) is 0 Å². The molecule has 0 radical (unpaired) electrons. The predicted molar refractivity (Wildman–Crippen MR) is 82.1 cm³/mol. The van der Waals surface area contributed by atoms with E-state index >= 15 is 0 Å². The number of ether oxygens (including phenoxy) is 1. The normalized spacial score (nSPS) is 14.7. The Labute approximate surface area is 125 Å². The highest BCUT2D eigenvalue weighted by Crippen LogP contribution is 2.20. The van der Waals surface area contributed by atoms with Crippen molar-refractivity contribution in [2.75, 3.05) is 6.54 Å². The molecule has 5 nitrogen and oxygen atoms in total. The number of nitrogens with zero attached hydrogens (tertiary/aromatic N) is 1. The van der Waals surface area contributed by atoms with Crippen molar-refractivity contribution in [3.05, 3.63) is 16.1 Å². The summed E-state index contributed by atoms with van der Waals surface area (Å²) < 4.78 is 5.22. The summed E-state index contributed by atoms with van der Waals surface area (Å²) in [5, 5.41) is 6.21. The van der Waals surface area contributed by atoms with Gasteiger partial charge in [0, 0.05) is 23.5 Å². The number of hydrogen-bond donors (Lipinski definition) is 2. The summed E-state index contributed by atoms with van der Waals surface area (Å²) in [4.78, 5) is 17.1. The minimum atomic E-state index is -0.468. The van der Waals surface area contributed by atoms with Crippen LogP contribution in [0, 0.1) is 6.92 Å². The molecule has 0 aliphatic carbocycles. The van der Waals surface area contributed by atoms with Gasteiger partial charge in [-0.15, -0.1) is 11.3 Å². The minimum Gasteiger partial charge on any atom is -0.444 e. The summed E-state index contributed by atoms with van der Waals surface area (Å²) in [5.74, 6) is 0. The number of carbonyl (C=O) groups excluding carboxylic acids is 1. The molecule has 2 atom stereocenters. The number of alkyl carbamates (subject to hydrolysis) is 1. The minimum absolute atomic E-state index is 0.000488. The van der Waals surface area contributed by atoms with Crippen LogP contribution in [0.5, 0.6) is 0 Å². The predicted octanol–water partition coefficient (Wildman–Crippen LogP) is 3.02. The fourth-order valence-corrected chi connectivity index (χ4v) is 2.57. The number of aryl methyl sites for hydroxylation is 1. The molecule has 1 rings (SSSR count). The Bertz CT molecular complexity index is 440. The molecule has 114 valence electrons. The van der Waals surface area contributed by atoms with Crippen LogP contribution in [0.25, 0.3) is 0 Å². The molecule has 6 heteroatoms. The van der Waals surface area contributed by atoms with Crippen molar-refractivity contribution in [1.82, 2.24) is 15.6 Å². The van der Waals surface area contributed by atoms with E-state index in [1.807, 2.05) is 40.1 Å². The molecular weight excluding hydrogens is 274 g/mol. The fraction of sp³-hybridized carbons (Fsp3) is 0.714. The van der Waals surface area contributed by atoms with Crippen LogP contribution in [0.3, 0.4) is 0 Å². The summed E-state index contributed by atoms with van der Waals surface area (Å²) in [5.41, 5.74) is 2.44.